The van der Waals surface area contributed by atoms with Crippen LogP contribution in [0.1, 0.15) is 61.3 Å². The summed E-state index contributed by atoms with van der Waals surface area (Å²) in [5, 5.41) is 0. The van der Waals surface area contributed by atoms with Crippen molar-refractivity contribution in [2.24, 2.45) is 10.8 Å². The lowest BCUT2D eigenvalue weighted by Crippen LogP contribution is -2.30. The highest BCUT2D eigenvalue weighted by Gasteiger charge is 2.33. The number of hydrogen-bond acceptors (Lipinski definition) is 0. The van der Waals surface area contributed by atoms with Crippen LogP contribution in [0.4, 0.5) is 0 Å². The summed E-state index contributed by atoms with van der Waals surface area (Å²) in [4.78, 5) is 0. The third-order valence-corrected chi connectivity index (χ3v) is 3.57. The molecule has 78 valence electrons. The summed E-state index contributed by atoms with van der Waals surface area (Å²) >= 11 is 0. The fourth-order valence-electron chi connectivity index (χ4n) is 1.49. The standard InChI is InChI=1S/C13H26/c1-8-11(3)10-13(7,9-2)12(4,5)6/h10H,8-9H2,1-7H3. The van der Waals surface area contributed by atoms with E-state index in [9.17, 15) is 0 Å². The van der Waals surface area contributed by atoms with Gasteiger partial charge in [0.15, 0.2) is 0 Å². The highest BCUT2D eigenvalue weighted by molar-refractivity contribution is 5.09. The van der Waals surface area contributed by atoms with E-state index >= 15 is 0 Å². The first-order chi connectivity index (χ1) is 5.77. The molecule has 0 fully saturated rings. The maximum atomic E-state index is 2.47. The molecule has 0 nitrogen and oxygen atoms in total. The van der Waals surface area contributed by atoms with E-state index in [0.29, 0.717) is 10.8 Å². The van der Waals surface area contributed by atoms with E-state index in [2.05, 4.69) is 54.5 Å². The van der Waals surface area contributed by atoms with E-state index in [-0.39, 0.29) is 0 Å². The maximum absolute atomic E-state index is 2.47. The van der Waals surface area contributed by atoms with Gasteiger partial charge in [-0.3, -0.25) is 0 Å². The van der Waals surface area contributed by atoms with E-state index < -0.39 is 0 Å². The molecule has 0 radical (unpaired) electrons. The fraction of sp³-hybridized carbons (Fsp3) is 0.846. The first-order valence-electron chi connectivity index (χ1n) is 5.45. The average Bonchev–Trinajstić information content (AvgIpc) is 2.02. The third kappa shape index (κ3) is 3.17. The molecule has 0 aliphatic rings. The molecule has 0 heteroatoms. The molecule has 1 unspecified atom stereocenters. The predicted molar refractivity (Wildman–Crippen MR) is 61.9 cm³/mol. The summed E-state index contributed by atoms with van der Waals surface area (Å²) in [6.07, 6.45) is 4.85. The number of hydrogen-bond donors (Lipinski definition) is 0. The molecular weight excluding hydrogens is 156 g/mol. The van der Waals surface area contributed by atoms with Crippen molar-refractivity contribution in [3.63, 3.8) is 0 Å². The Morgan fingerprint density at radius 2 is 1.54 bits per heavy atom. The average molecular weight is 182 g/mol. The summed E-state index contributed by atoms with van der Waals surface area (Å²) in [7, 11) is 0. The van der Waals surface area contributed by atoms with Gasteiger partial charge in [0.1, 0.15) is 0 Å². The monoisotopic (exact) mass is 182 g/mol. The van der Waals surface area contributed by atoms with Gasteiger partial charge in [0.25, 0.3) is 0 Å². The highest BCUT2D eigenvalue weighted by Crippen LogP contribution is 2.43. The minimum Gasteiger partial charge on any atom is -0.0792 e. The summed E-state index contributed by atoms with van der Waals surface area (Å²) in [5.74, 6) is 0. The number of rotatable bonds is 3. The van der Waals surface area contributed by atoms with Crippen molar-refractivity contribution < 1.29 is 0 Å². The Morgan fingerprint density at radius 3 is 1.77 bits per heavy atom. The minimum atomic E-state index is 0.340. The molecule has 1 atom stereocenters. The normalized spacial score (nSPS) is 18.5. The van der Waals surface area contributed by atoms with Crippen molar-refractivity contribution in [3.8, 4) is 0 Å². The lowest BCUT2D eigenvalue weighted by Gasteiger charge is -2.39. The maximum Gasteiger partial charge on any atom is -0.00981 e. The van der Waals surface area contributed by atoms with Crippen molar-refractivity contribution >= 4 is 0 Å². The molecule has 0 bridgehead atoms. The van der Waals surface area contributed by atoms with Gasteiger partial charge in [0.05, 0.1) is 0 Å². The van der Waals surface area contributed by atoms with E-state index in [0.717, 1.165) is 0 Å². The molecule has 0 aromatic rings. The van der Waals surface area contributed by atoms with Crippen LogP contribution in [-0.2, 0) is 0 Å². The smallest absolute Gasteiger partial charge is 0.00981 e. The molecule has 0 aromatic heterocycles. The van der Waals surface area contributed by atoms with Gasteiger partial charge in [-0.1, -0.05) is 53.2 Å². The first-order valence-corrected chi connectivity index (χ1v) is 5.45. The van der Waals surface area contributed by atoms with Crippen LogP contribution in [0.25, 0.3) is 0 Å². The van der Waals surface area contributed by atoms with E-state index in [1.54, 1.807) is 0 Å². The minimum absolute atomic E-state index is 0.340. The van der Waals surface area contributed by atoms with Crippen LogP contribution in [0.2, 0.25) is 0 Å². The summed E-state index contributed by atoms with van der Waals surface area (Å²) in [6.45, 7) is 16.1. The predicted octanol–water partition coefficient (Wildman–Crippen LogP) is 4.81. The SMILES string of the molecule is CCC(C)=CC(C)(CC)C(C)(C)C. The molecule has 0 spiro atoms. The van der Waals surface area contributed by atoms with Crippen LogP contribution in [0.5, 0.6) is 0 Å². The van der Waals surface area contributed by atoms with Gasteiger partial charge in [-0.05, 0) is 30.6 Å². The molecule has 0 rings (SSSR count). The zero-order valence-corrected chi connectivity index (χ0v) is 10.5. The molecule has 0 N–H and O–H groups in total. The Morgan fingerprint density at radius 1 is 1.08 bits per heavy atom. The molecule has 0 aliphatic carbocycles. The van der Waals surface area contributed by atoms with Gasteiger partial charge in [-0.15, -0.1) is 0 Å². The Balaban J connectivity index is 4.86. The van der Waals surface area contributed by atoms with Crippen molar-refractivity contribution in [2.45, 2.75) is 61.3 Å². The molecule has 13 heavy (non-hydrogen) atoms. The second-order valence-electron chi connectivity index (χ2n) is 5.37. The van der Waals surface area contributed by atoms with Crippen molar-refractivity contribution in [1.29, 1.82) is 0 Å². The van der Waals surface area contributed by atoms with E-state index in [4.69, 9.17) is 0 Å². The Labute approximate surface area is 84.4 Å². The molecule has 0 saturated carbocycles. The van der Waals surface area contributed by atoms with Crippen LogP contribution in [0, 0.1) is 10.8 Å². The lowest BCUT2D eigenvalue weighted by atomic mass is 9.65. The quantitative estimate of drug-likeness (QED) is 0.550. The molecule has 0 aromatic carbocycles. The van der Waals surface area contributed by atoms with Crippen molar-refractivity contribution in [3.05, 3.63) is 11.6 Å². The molecule has 0 heterocycles. The van der Waals surface area contributed by atoms with Crippen LogP contribution in [0.15, 0.2) is 11.6 Å². The zero-order valence-electron chi connectivity index (χ0n) is 10.5. The lowest BCUT2D eigenvalue weighted by molar-refractivity contribution is 0.161. The van der Waals surface area contributed by atoms with Gasteiger partial charge in [0.2, 0.25) is 0 Å². The zero-order chi connectivity index (χ0) is 10.7. The van der Waals surface area contributed by atoms with Crippen LogP contribution < -0.4 is 0 Å². The second-order valence-corrected chi connectivity index (χ2v) is 5.37. The topological polar surface area (TPSA) is 0 Å². The highest BCUT2D eigenvalue weighted by atomic mass is 14.4. The van der Waals surface area contributed by atoms with Gasteiger partial charge in [-0.2, -0.15) is 0 Å². The fourth-order valence-corrected chi connectivity index (χ4v) is 1.49. The molecule has 0 amide bonds. The van der Waals surface area contributed by atoms with Gasteiger partial charge in [0, 0.05) is 0 Å². The largest absolute Gasteiger partial charge is 0.0792 e. The van der Waals surface area contributed by atoms with Crippen molar-refractivity contribution in [2.75, 3.05) is 0 Å². The van der Waals surface area contributed by atoms with Crippen LogP contribution in [-0.4, -0.2) is 0 Å². The Bertz CT molecular complexity index is 181. The number of allylic oxidation sites excluding steroid dienone is 2. The second kappa shape index (κ2) is 4.30. The molecular formula is C13H26. The Kier molecular flexibility index (Phi) is 4.22. The van der Waals surface area contributed by atoms with Gasteiger partial charge >= 0.3 is 0 Å². The summed E-state index contributed by atoms with van der Waals surface area (Å²) in [5.41, 5.74) is 2.21. The van der Waals surface area contributed by atoms with E-state index in [1.807, 2.05) is 0 Å². The van der Waals surface area contributed by atoms with Gasteiger partial charge in [-0.25, -0.2) is 0 Å². The van der Waals surface area contributed by atoms with Crippen molar-refractivity contribution in [1.82, 2.24) is 0 Å². The van der Waals surface area contributed by atoms with E-state index in [1.165, 1.54) is 18.4 Å². The van der Waals surface area contributed by atoms with Gasteiger partial charge < -0.3 is 0 Å². The van der Waals surface area contributed by atoms with Crippen LogP contribution >= 0.6 is 0 Å². The summed E-state index contributed by atoms with van der Waals surface area (Å²) < 4.78 is 0. The Hall–Kier alpha value is -0.260. The summed E-state index contributed by atoms with van der Waals surface area (Å²) in [6, 6.07) is 0. The first kappa shape index (κ1) is 12.7. The van der Waals surface area contributed by atoms with Crippen LogP contribution in [0.3, 0.4) is 0 Å². The molecule has 0 saturated heterocycles. The third-order valence-electron chi connectivity index (χ3n) is 3.57. The molecule has 0 aliphatic heterocycles.